The Morgan fingerprint density at radius 3 is 2.17 bits per heavy atom. The molecule has 1 heterocycles. The van der Waals surface area contributed by atoms with Crippen molar-refractivity contribution in [3.05, 3.63) is 26.1 Å². The first-order chi connectivity index (χ1) is 8.65. The molecule has 0 unspecified atom stereocenters. The summed E-state index contributed by atoms with van der Waals surface area (Å²) in [7, 11) is 0. The molecule has 0 spiro atoms. The van der Waals surface area contributed by atoms with Crippen molar-refractivity contribution >= 4 is 22.6 Å². The lowest BCUT2D eigenvalue weighted by Gasteiger charge is -2.03. The largest absolute Gasteiger partial charge is 0.328 e. The van der Waals surface area contributed by atoms with Gasteiger partial charge in [-0.1, -0.05) is 38.0 Å². The zero-order chi connectivity index (χ0) is 13.5. The monoisotopic (exact) mass is 269 g/mol. The average molecular weight is 269 g/mol. The van der Waals surface area contributed by atoms with Crippen LogP contribution in [0.2, 0.25) is 0 Å². The molecule has 100 valence electrons. The van der Waals surface area contributed by atoms with E-state index >= 15 is 0 Å². The summed E-state index contributed by atoms with van der Waals surface area (Å²) in [5, 5.41) is 11.2. The van der Waals surface area contributed by atoms with E-state index in [4.69, 9.17) is 0 Å². The summed E-state index contributed by atoms with van der Waals surface area (Å²) < 4.78 is 0. The highest BCUT2D eigenvalue weighted by Crippen LogP contribution is 2.36. The minimum absolute atomic E-state index is 0.164. The first kappa shape index (κ1) is 14.8. The third kappa shape index (κ3) is 3.38. The van der Waals surface area contributed by atoms with E-state index in [9.17, 15) is 14.9 Å². The van der Waals surface area contributed by atoms with Gasteiger partial charge in [-0.3, -0.25) is 14.9 Å². The van der Waals surface area contributed by atoms with Crippen molar-refractivity contribution in [2.75, 3.05) is 0 Å². The number of rotatable bonds is 8. The summed E-state index contributed by atoms with van der Waals surface area (Å²) in [5.41, 5.74) is 1.71. The molecule has 1 aromatic heterocycles. The molecule has 18 heavy (non-hydrogen) atoms. The molecule has 0 aliphatic rings. The number of unbranched alkanes of at least 4 members (excludes halogenated alkanes) is 2. The number of nitrogens with zero attached hydrogens (tertiary/aromatic N) is 1. The van der Waals surface area contributed by atoms with Gasteiger partial charge in [0.15, 0.2) is 6.29 Å². The third-order valence-corrected chi connectivity index (χ3v) is 4.11. The van der Waals surface area contributed by atoms with E-state index in [1.165, 1.54) is 0 Å². The van der Waals surface area contributed by atoms with Gasteiger partial charge in [-0.15, -0.1) is 0 Å². The van der Waals surface area contributed by atoms with Crippen LogP contribution in [0.1, 0.15) is 60.3 Å². The highest BCUT2D eigenvalue weighted by atomic mass is 32.1. The molecule has 0 aliphatic heterocycles. The Labute approximate surface area is 111 Å². The van der Waals surface area contributed by atoms with Crippen LogP contribution in [-0.2, 0) is 12.8 Å². The van der Waals surface area contributed by atoms with Crippen LogP contribution in [0.15, 0.2) is 0 Å². The molecule has 0 aromatic carbocycles. The van der Waals surface area contributed by atoms with Gasteiger partial charge in [0.1, 0.15) is 0 Å². The van der Waals surface area contributed by atoms with E-state index in [2.05, 4.69) is 13.8 Å². The molecule has 1 rings (SSSR count). The van der Waals surface area contributed by atoms with Crippen LogP contribution in [0.25, 0.3) is 0 Å². The molecule has 0 saturated carbocycles. The SMILES string of the molecule is CCCCc1c(C=O)sc([N+](=O)[O-])c1CCCC. The van der Waals surface area contributed by atoms with Crippen molar-refractivity contribution in [3.8, 4) is 0 Å². The number of thiophene rings is 1. The molecule has 1 aromatic rings. The van der Waals surface area contributed by atoms with Gasteiger partial charge in [0.2, 0.25) is 0 Å². The molecule has 0 atom stereocenters. The van der Waals surface area contributed by atoms with Crippen LogP contribution in [0.4, 0.5) is 5.00 Å². The van der Waals surface area contributed by atoms with Crippen molar-refractivity contribution in [1.82, 2.24) is 0 Å². The van der Waals surface area contributed by atoms with E-state index in [0.717, 1.165) is 60.9 Å². The third-order valence-electron chi connectivity index (χ3n) is 2.96. The molecule has 0 fully saturated rings. The fourth-order valence-corrected chi connectivity index (χ4v) is 3.01. The topological polar surface area (TPSA) is 60.2 Å². The van der Waals surface area contributed by atoms with Gasteiger partial charge in [0.05, 0.1) is 9.80 Å². The Bertz CT molecular complexity index is 426. The standard InChI is InChI=1S/C13H19NO3S/c1-3-5-7-10-11(8-6-4-2)13(14(16)17)18-12(10)9-15/h9H,3-8H2,1-2H3. The fraction of sp³-hybridized carbons (Fsp3) is 0.615. The van der Waals surface area contributed by atoms with Gasteiger partial charge in [-0.25, -0.2) is 0 Å². The Balaban J connectivity index is 3.15. The predicted octanol–water partition coefficient (Wildman–Crippen LogP) is 4.15. The Morgan fingerprint density at radius 2 is 1.72 bits per heavy atom. The quantitative estimate of drug-likeness (QED) is 0.404. The molecule has 0 saturated heterocycles. The summed E-state index contributed by atoms with van der Waals surface area (Å²) in [5.74, 6) is 0. The molecule has 4 nitrogen and oxygen atoms in total. The molecule has 0 bridgehead atoms. The number of hydrogen-bond acceptors (Lipinski definition) is 4. The molecular weight excluding hydrogens is 250 g/mol. The highest BCUT2D eigenvalue weighted by Gasteiger charge is 2.24. The second kappa shape index (κ2) is 7.26. The van der Waals surface area contributed by atoms with Crippen molar-refractivity contribution in [3.63, 3.8) is 0 Å². The van der Waals surface area contributed by atoms with Gasteiger partial charge in [0.25, 0.3) is 0 Å². The van der Waals surface area contributed by atoms with Gasteiger partial charge < -0.3 is 0 Å². The lowest BCUT2D eigenvalue weighted by Crippen LogP contribution is -1.97. The summed E-state index contributed by atoms with van der Waals surface area (Å²) in [6.07, 6.45) is 6.15. The minimum Gasteiger partial charge on any atom is -0.297 e. The average Bonchev–Trinajstić information content (AvgIpc) is 2.71. The Hall–Kier alpha value is -1.23. The zero-order valence-electron chi connectivity index (χ0n) is 10.9. The maximum absolute atomic E-state index is 11.0. The van der Waals surface area contributed by atoms with E-state index in [-0.39, 0.29) is 9.92 Å². The smallest absolute Gasteiger partial charge is 0.297 e. The first-order valence-corrected chi connectivity index (χ1v) is 7.21. The number of hydrogen-bond donors (Lipinski definition) is 0. The summed E-state index contributed by atoms with van der Waals surface area (Å²) >= 11 is 1.03. The maximum atomic E-state index is 11.0. The molecule has 5 heteroatoms. The van der Waals surface area contributed by atoms with E-state index in [1.54, 1.807) is 0 Å². The summed E-state index contributed by atoms with van der Waals surface area (Å²) in [4.78, 5) is 22.3. The molecule has 0 N–H and O–H groups in total. The van der Waals surface area contributed by atoms with Crippen molar-refractivity contribution in [2.24, 2.45) is 0 Å². The number of nitro groups is 1. The second-order valence-corrected chi connectivity index (χ2v) is 5.34. The molecular formula is C13H19NO3S. The van der Waals surface area contributed by atoms with Crippen molar-refractivity contribution in [2.45, 2.75) is 52.4 Å². The zero-order valence-corrected chi connectivity index (χ0v) is 11.7. The molecule has 0 radical (unpaired) electrons. The second-order valence-electron chi connectivity index (χ2n) is 4.31. The minimum atomic E-state index is -0.349. The highest BCUT2D eigenvalue weighted by molar-refractivity contribution is 7.17. The van der Waals surface area contributed by atoms with Crippen LogP contribution in [0.5, 0.6) is 0 Å². The maximum Gasteiger partial charge on any atom is 0.328 e. The van der Waals surface area contributed by atoms with Crippen LogP contribution in [0, 0.1) is 10.1 Å². The number of carbonyl (C=O) groups excluding carboxylic acids is 1. The van der Waals surface area contributed by atoms with E-state index in [1.807, 2.05) is 0 Å². The van der Waals surface area contributed by atoms with E-state index in [0.29, 0.717) is 11.3 Å². The molecule has 0 amide bonds. The van der Waals surface area contributed by atoms with Crippen molar-refractivity contribution < 1.29 is 9.72 Å². The Morgan fingerprint density at radius 1 is 1.17 bits per heavy atom. The first-order valence-electron chi connectivity index (χ1n) is 6.39. The lowest BCUT2D eigenvalue weighted by atomic mass is 10.00. The van der Waals surface area contributed by atoms with Gasteiger partial charge in [-0.2, -0.15) is 0 Å². The van der Waals surface area contributed by atoms with Crippen LogP contribution in [0.3, 0.4) is 0 Å². The number of carbonyl (C=O) groups is 1. The van der Waals surface area contributed by atoms with Gasteiger partial charge >= 0.3 is 5.00 Å². The van der Waals surface area contributed by atoms with Crippen molar-refractivity contribution in [1.29, 1.82) is 0 Å². The normalized spacial score (nSPS) is 10.6. The van der Waals surface area contributed by atoms with Crippen LogP contribution < -0.4 is 0 Å². The summed E-state index contributed by atoms with van der Waals surface area (Å²) in [6, 6.07) is 0. The lowest BCUT2D eigenvalue weighted by molar-refractivity contribution is -0.380. The molecule has 0 aliphatic carbocycles. The fourth-order valence-electron chi connectivity index (χ4n) is 1.99. The van der Waals surface area contributed by atoms with E-state index < -0.39 is 0 Å². The van der Waals surface area contributed by atoms with Gasteiger partial charge in [0, 0.05) is 5.56 Å². The summed E-state index contributed by atoms with van der Waals surface area (Å²) in [6.45, 7) is 4.14. The van der Waals surface area contributed by atoms with Crippen LogP contribution in [-0.4, -0.2) is 11.2 Å². The van der Waals surface area contributed by atoms with Gasteiger partial charge in [-0.05, 0) is 31.2 Å². The Kier molecular flexibility index (Phi) is 5.98. The predicted molar refractivity (Wildman–Crippen MR) is 73.6 cm³/mol. The van der Waals surface area contributed by atoms with Crippen LogP contribution >= 0.6 is 11.3 Å². The number of aldehydes is 1.